The van der Waals surface area contributed by atoms with Gasteiger partial charge < -0.3 is 27.0 Å². The number of nitrogens with one attached hydrogen (secondary N) is 1. The number of rotatable bonds is 0. The third-order valence-electron chi connectivity index (χ3n) is 0.813. The molecule has 0 atom stereocenters. The Morgan fingerprint density at radius 1 is 1.30 bits per heavy atom. The number of amidine groups is 1. The minimum atomic E-state index is 0. The van der Waals surface area contributed by atoms with Crippen LogP contribution in [0, 0.1) is 0 Å². The van der Waals surface area contributed by atoms with Crippen LogP contribution in [0.25, 0.3) is 0 Å². The van der Waals surface area contributed by atoms with Gasteiger partial charge in [-0.3, -0.25) is 9.89 Å². The van der Waals surface area contributed by atoms with Gasteiger partial charge >= 0.3 is 5.17 Å². The first-order valence-electron chi connectivity index (χ1n) is 2.48. The summed E-state index contributed by atoms with van der Waals surface area (Å²) in [4.78, 5) is 0. The molecule has 64 valence electrons. The largest absolute Gasteiger partial charge is 2.00 e. The van der Waals surface area contributed by atoms with E-state index >= 15 is 0 Å². The molecule has 0 heterocycles. The molecule has 0 aliphatic heterocycles. The molecule has 2 nitrogen and oxygen atoms in total. The highest BCUT2D eigenvalue weighted by molar-refractivity contribution is 8.13. The Balaban J connectivity index is -0.000000245. The highest BCUT2D eigenvalue weighted by Gasteiger charge is 1.98. The topological polar surface area (TPSA) is 15.0 Å². The predicted molar refractivity (Wildman–Crippen MR) is 54.4 cm³/mol. The third kappa shape index (κ3) is 6.64. The molecule has 0 unspecified atom stereocenters. The summed E-state index contributed by atoms with van der Waals surface area (Å²) < 4.78 is 2.05. The van der Waals surface area contributed by atoms with Gasteiger partial charge in [-0.05, 0) is 18.0 Å². The van der Waals surface area contributed by atoms with E-state index in [4.69, 9.17) is 0 Å². The number of hydrogen-bond donors (Lipinski definition) is 1. The van der Waals surface area contributed by atoms with E-state index in [-0.39, 0.29) is 27.0 Å². The fourth-order valence-electron chi connectivity index (χ4n) is 0.508. The number of hydrogen-bond acceptors (Lipinski definition) is 1. The molecule has 0 rings (SSSR count). The number of thioether (sulfide) groups is 1. The summed E-state index contributed by atoms with van der Waals surface area (Å²) in [5.41, 5.74) is 0. The summed E-state index contributed by atoms with van der Waals surface area (Å²) in [6.07, 6.45) is 2.05. The molecule has 0 saturated carbocycles. The lowest BCUT2D eigenvalue weighted by atomic mass is 11.0. The Morgan fingerprint density at radius 3 is 1.70 bits per heavy atom. The fourth-order valence-corrected chi connectivity index (χ4v) is 1.08. The van der Waals surface area contributed by atoms with Crippen molar-refractivity contribution in [2.24, 2.45) is 0 Å². The van der Waals surface area contributed by atoms with Crippen LogP contribution in [0.3, 0.4) is 0 Å². The molecule has 0 fully saturated rings. The molecule has 0 saturated heterocycles. The lowest BCUT2D eigenvalue weighted by molar-refractivity contribution is -0.463. The van der Waals surface area contributed by atoms with Crippen molar-refractivity contribution in [1.29, 1.82) is 0 Å². The standard InChI is InChI=1S/C5H12N2S.2S/c1-6-5(8-4)7(2)3;;/h1-4H3;;/q;2*-2/p+1. The lowest BCUT2D eigenvalue weighted by Crippen LogP contribution is -2.23. The van der Waals surface area contributed by atoms with Gasteiger partial charge in [0.15, 0.2) is 0 Å². The zero-order chi connectivity index (χ0) is 6.57. The van der Waals surface area contributed by atoms with Crippen LogP contribution in [-0.4, -0.2) is 37.1 Å². The predicted octanol–water partition coefficient (Wildman–Crippen LogP) is 0.192. The van der Waals surface area contributed by atoms with Crippen LogP contribution < -0.4 is 5.32 Å². The molecule has 0 amide bonds. The van der Waals surface area contributed by atoms with E-state index in [1.165, 1.54) is 5.17 Å². The van der Waals surface area contributed by atoms with Crippen LogP contribution in [0.15, 0.2) is 0 Å². The molecule has 0 aromatic heterocycles. The van der Waals surface area contributed by atoms with Crippen molar-refractivity contribution in [2.45, 2.75) is 0 Å². The van der Waals surface area contributed by atoms with Gasteiger partial charge in [0.2, 0.25) is 0 Å². The van der Waals surface area contributed by atoms with Crippen LogP contribution in [0.1, 0.15) is 0 Å². The molecule has 0 aromatic rings. The second kappa shape index (κ2) is 9.52. The average Bonchev–Trinajstić information content (AvgIpc) is 1.69. The molecule has 0 aliphatic rings. The van der Waals surface area contributed by atoms with Crippen molar-refractivity contribution in [2.75, 3.05) is 27.4 Å². The SMILES string of the molecule is CNC(SC)=[N+](C)C.[S-2].[S-2]. The van der Waals surface area contributed by atoms with Gasteiger partial charge in [0.1, 0.15) is 0 Å². The van der Waals surface area contributed by atoms with E-state index in [1.807, 2.05) is 32.0 Å². The summed E-state index contributed by atoms with van der Waals surface area (Å²) in [5, 5.41) is 4.24. The Hall–Kier alpha value is 0.520. The first kappa shape index (κ1) is 16.9. The molecular weight excluding hydrogens is 184 g/mol. The number of nitrogens with zero attached hydrogens (tertiary/aromatic N) is 1. The van der Waals surface area contributed by atoms with E-state index in [0.717, 1.165) is 0 Å². The second-order valence-corrected chi connectivity index (χ2v) is 2.45. The molecule has 0 spiro atoms. The van der Waals surface area contributed by atoms with Gasteiger partial charge in [0, 0.05) is 0 Å². The summed E-state index contributed by atoms with van der Waals surface area (Å²) in [7, 11) is 5.95. The van der Waals surface area contributed by atoms with Crippen molar-refractivity contribution in [3.8, 4) is 0 Å². The highest BCUT2D eigenvalue weighted by Crippen LogP contribution is 1.89. The highest BCUT2D eigenvalue weighted by atomic mass is 32.2. The maximum atomic E-state index is 3.06. The van der Waals surface area contributed by atoms with Gasteiger partial charge in [-0.1, -0.05) is 0 Å². The summed E-state index contributed by atoms with van der Waals surface area (Å²) in [6.45, 7) is 0. The smallest absolute Gasteiger partial charge is 0.305 e. The van der Waals surface area contributed by atoms with Gasteiger partial charge in [-0.25, -0.2) is 0 Å². The second-order valence-electron chi connectivity index (χ2n) is 1.65. The Kier molecular flexibility index (Phi) is 16.1. The monoisotopic (exact) mass is 197 g/mol. The van der Waals surface area contributed by atoms with E-state index < -0.39 is 0 Å². The quantitative estimate of drug-likeness (QED) is 0.339. The molecule has 0 aromatic carbocycles. The molecule has 0 bridgehead atoms. The van der Waals surface area contributed by atoms with E-state index in [2.05, 4.69) is 5.32 Å². The third-order valence-corrected chi connectivity index (χ3v) is 1.77. The lowest BCUT2D eigenvalue weighted by Gasteiger charge is -2.00. The van der Waals surface area contributed by atoms with Crippen molar-refractivity contribution in [3.63, 3.8) is 0 Å². The van der Waals surface area contributed by atoms with Gasteiger partial charge in [-0.15, -0.1) is 0 Å². The molecule has 0 aliphatic carbocycles. The Morgan fingerprint density at radius 2 is 1.70 bits per heavy atom. The normalized spacial score (nSPS) is 6.80. The van der Waals surface area contributed by atoms with Gasteiger partial charge in [0.05, 0.1) is 21.1 Å². The van der Waals surface area contributed by atoms with Gasteiger partial charge in [0.25, 0.3) is 0 Å². The van der Waals surface area contributed by atoms with Crippen LogP contribution >= 0.6 is 11.8 Å². The van der Waals surface area contributed by atoms with Crippen LogP contribution in [0.2, 0.25) is 0 Å². The molecule has 5 heteroatoms. The molecule has 0 radical (unpaired) electrons. The zero-order valence-corrected chi connectivity index (χ0v) is 9.12. The van der Waals surface area contributed by atoms with Crippen molar-refractivity contribution < 1.29 is 4.58 Å². The van der Waals surface area contributed by atoms with Crippen molar-refractivity contribution >= 4 is 43.9 Å². The minimum Gasteiger partial charge on any atom is -2.00 e. The summed E-state index contributed by atoms with van der Waals surface area (Å²) in [5.74, 6) is 0. The van der Waals surface area contributed by atoms with Gasteiger partial charge in [-0.2, -0.15) is 0 Å². The fraction of sp³-hybridized carbons (Fsp3) is 0.800. The summed E-state index contributed by atoms with van der Waals surface area (Å²) in [6, 6.07) is 0. The molecule has 10 heavy (non-hydrogen) atoms. The zero-order valence-electron chi connectivity index (χ0n) is 6.67. The van der Waals surface area contributed by atoms with Crippen molar-refractivity contribution in [3.05, 3.63) is 0 Å². The van der Waals surface area contributed by atoms with E-state index in [0.29, 0.717) is 0 Å². The first-order chi connectivity index (χ1) is 3.72. The first-order valence-corrected chi connectivity index (χ1v) is 3.71. The Bertz CT molecular complexity index is 93.1. The van der Waals surface area contributed by atoms with Crippen molar-refractivity contribution in [1.82, 2.24) is 5.32 Å². The minimum absolute atomic E-state index is 0. The molecule has 1 N–H and O–H groups in total. The maximum absolute atomic E-state index is 3.06. The van der Waals surface area contributed by atoms with Crippen LogP contribution in [-0.2, 0) is 27.0 Å². The Labute approximate surface area is 81.4 Å². The molecular formula is C5H13N2S3-3. The average molecular weight is 197 g/mol. The van der Waals surface area contributed by atoms with E-state index in [1.54, 1.807) is 11.8 Å². The van der Waals surface area contributed by atoms with E-state index in [9.17, 15) is 0 Å². The maximum Gasteiger partial charge on any atom is 0.305 e. The van der Waals surface area contributed by atoms with Crippen LogP contribution in [0.5, 0.6) is 0 Å². The summed E-state index contributed by atoms with van der Waals surface area (Å²) >= 11 is 1.71. The van der Waals surface area contributed by atoms with Crippen LogP contribution in [0.4, 0.5) is 0 Å².